The molecule has 1 aliphatic heterocycles. The lowest BCUT2D eigenvalue weighted by Gasteiger charge is -2.33. The number of amides is 1. The van der Waals surface area contributed by atoms with Crippen LogP contribution in [0, 0.1) is 11.7 Å². The van der Waals surface area contributed by atoms with Gasteiger partial charge < -0.3 is 20.1 Å². The predicted molar refractivity (Wildman–Crippen MR) is 123 cm³/mol. The molecule has 0 radical (unpaired) electrons. The minimum Gasteiger partial charge on any atom is -0.491 e. The van der Waals surface area contributed by atoms with Crippen LogP contribution in [0.5, 0.6) is 5.75 Å². The summed E-state index contributed by atoms with van der Waals surface area (Å²) >= 11 is 0. The van der Waals surface area contributed by atoms with E-state index >= 15 is 0 Å². The molecule has 4 rings (SSSR count). The highest BCUT2D eigenvalue weighted by atomic mass is 19.1. The summed E-state index contributed by atoms with van der Waals surface area (Å²) in [6.45, 7) is 2.75. The Bertz CT molecular complexity index is 1150. The van der Waals surface area contributed by atoms with E-state index < -0.39 is 12.1 Å². The van der Waals surface area contributed by atoms with Crippen LogP contribution in [-0.2, 0) is 7.05 Å². The molecule has 33 heavy (non-hydrogen) atoms. The summed E-state index contributed by atoms with van der Waals surface area (Å²) in [4.78, 5) is 27.4. The Kier molecular flexibility index (Phi) is 7.10. The van der Waals surface area contributed by atoms with Gasteiger partial charge in [0, 0.05) is 20.1 Å². The van der Waals surface area contributed by atoms with Gasteiger partial charge in [0.25, 0.3) is 0 Å². The van der Waals surface area contributed by atoms with Crippen LogP contribution in [0.3, 0.4) is 0 Å². The van der Waals surface area contributed by atoms with Crippen LogP contribution >= 0.6 is 0 Å². The van der Waals surface area contributed by atoms with Crippen molar-refractivity contribution in [3.8, 4) is 5.75 Å². The zero-order valence-electron chi connectivity index (χ0n) is 18.6. The Hall–Kier alpha value is -3.17. The molecular weight excluding hydrogens is 427 g/mol. The summed E-state index contributed by atoms with van der Waals surface area (Å²) in [7, 11) is 1.66. The summed E-state index contributed by atoms with van der Waals surface area (Å²) < 4.78 is 21.1. The molecular formula is C24H29FN4O4. The Morgan fingerprint density at radius 1 is 1.15 bits per heavy atom. The van der Waals surface area contributed by atoms with Gasteiger partial charge in [-0.1, -0.05) is 12.1 Å². The lowest BCUT2D eigenvalue weighted by molar-refractivity contribution is 0.0552. The second-order valence-electron chi connectivity index (χ2n) is 8.51. The number of piperidine rings is 1. The highest BCUT2D eigenvalue weighted by Crippen LogP contribution is 2.18. The smallest absolute Gasteiger partial charge is 0.337 e. The van der Waals surface area contributed by atoms with E-state index in [1.807, 2.05) is 12.1 Å². The standard InChI is InChI=1S/C24H29FN4O4/c1-27-21-4-2-3-5-22(21)29(24(27)32)23(31)26-14-17-10-12-28(13-11-17)15-19(30)16-33-20-8-6-18(25)7-9-20/h2-9,17,19,30H,10-16H2,1H3,(H,26,31). The normalized spacial score (nSPS) is 16.1. The van der Waals surface area contributed by atoms with E-state index in [1.54, 1.807) is 19.2 Å². The van der Waals surface area contributed by atoms with Crippen LogP contribution < -0.4 is 15.7 Å². The monoisotopic (exact) mass is 456 g/mol. The van der Waals surface area contributed by atoms with Gasteiger partial charge in [-0.15, -0.1) is 0 Å². The number of hydrogen-bond donors (Lipinski definition) is 2. The van der Waals surface area contributed by atoms with E-state index in [-0.39, 0.29) is 18.1 Å². The quantitative estimate of drug-likeness (QED) is 0.569. The van der Waals surface area contributed by atoms with Gasteiger partial charge in [-0.05, 0) is 68.2 Å². The molecule has 3 aromatic rings. The maximum absolute atomic E-state index is 12.9. The minimum absolute atomic E-state index is 0.140. The summed E-state index contributed by atoms with van der Waals surface area (Å²) in [5.41, 5.74) is 0.947. The third kappa shape index (κ3) is 5.43. The lowest BCUT2D eigenvalue weighted by atomic mass is 9.96. The second-order valence-corrected chi connectivity index (χ2v) is 8.51. The van der Waals surface area contributed by atoms with E-state index in [9.17, 15) is 19.1 Å². The first-order chi connectivity index (χ1) is 15.9. The molecule has 9 heteroatoms. The number of likely N-dealkylation sites (tertiary alicyclic amines) is 1. The number of imidazole rings is 1. The zero-order chi connectivity index (χ0) is 23.4. The van der Waals surface area contributed by atoms with Crippen LogP contribution in [0.1, 0.15) is 12.8 Å². The van der Waals surface area contributed by atoms with Crippen molar-refractivity contribution in [3.05, 3.63) is 64.8 Å². The third-order valence-corrected chi connectivity index (χ3v) is 6.14. The number of aromatic nitrogens is 2. The number of hydrogen-bond acceptors (Lipinski definition) is 5. The molecule has 1 atom stereocenters. The lowest BCUT2D eigenvalue weighted by Crippen LogP contribution is -2.44. The highest BCUT2D eigenvalue weighted by molar-refractivity contribution is 5.89. The Balaban J connectivity index is 1.21. The molecule has 2 heterocycles. The molecule has 2 aromatic carbocycles. The maximum atomic E-state index is 12.9. The molecule has 0 aliphatic carbocycles. The van der Waals surface area contributed by atoms with Crippen LogP contribution in [-0.4, -0.2) is 64.1 Å². The number of nitrogens with zero attached hydrogens (tertiary/aromatic N) is 3. The van der Waals surface area contributed by atoms with Crippen LogP contribution in [0.15, 0.2) is 53.3 Å². The number of halogens is 1. The van der Waals surface area contributed by atoms with Crippen LogP contribution in [0.4, 0.5) is 9.18 Å². The van der Waals surface area contributed by atoms with Crippen molar-refractivity contribution in [2.75, 3.05) is 32.8 Å². The van der Waals surface area contributed by atoms with Crippen molar-refractivity contribution in [2.45, 2.75) is 18.9 Å². The molecule has 0 saturated carbocycles. The average Bonchev–Trinajstić information content (AvgIpc) is 3.08. The van der Waals surface area contributed by atoms with Crippen LogP contribution in [0.2, 0.25) is 0 Å². The highest BCUT2D eigenvalue weighted by Gasteiger charge is 2.23. The predicted octanol–water partition coefficient (Wildman–Crippen LogP) is 2.19. The number of carbonyl (C=O) groups excluding carboxylic acids is 1. The van der Waals surface area contributed by atoms with E-state index in [0.29, 0.717) is 35.8 Å². The summed E-state index contributed by atoms with van der Waals surface area (Å²) in [6, 6.07) is 12.5. The van der Waals surface area contributed by atoms with Crippen molar-refractivity contribution in [2.24, 2.45) is 13.0 Å². The molecule has 0 spiro atoms. The fourth-order valence-electron chi connectivity index (χ4n) is 4.25. The van der Waals surface area contributed by atoms with E-state index in [1.165, 1.54) is 33.4 Å². The van der Waals surface area contributed by atoms with E-state index in [0.717, 1.165) is 25.9 Å². The minimum atomic E-state index is -0.649. The molecule has 1 aliphatic rings. The van der Waals surface area contributed by atoms with Gasteiger partial charge >= 0.3 is 11.7 Å². The van der Waals surface area contributed by atoms with Gasteiger partial charge in [-0.3, -0.25) is 4.57 Å². The summed E-state index contributed by atoms with van der Waals surface area (Å²) in [5, 5.41) is 13.2. The van der Waals surface area contributed by atoms with Crippen molar-refractivity contribution < 1.29 is 19.0 Å². The van der Waals surface area contributed by atoms with Gasteiger partial charge in [0.1, 0.15) is 24.3 Å². The summed E-state index contributed by atoms with van der Waals surface area (Å²) in [5.74, 6) is 0.504. The molecule has 2 N–H and O–H groups in total. The first kappa shape index (κ1) is 23.0. The first-order valence-corrected chi connectivity index (χ1v) is 11.2. The van der Waals surface area contributed by atoms with Gasteiger partial charge in [0.15, 0.2) is 0 Å². The molecule has 1 fully saturated rings. The van der Waals surface area contributed by atoms with Crippen molar-refractivity contribution >= 4 is 17.1 Å². The molecule has 8 nitrogen and oxygen atoms in total. The maximum Gasteiger partial charge on any atom is 0.337 e. The van der Waals surface area contributed by atoms with E-state index in [4.69, 9.17) is 4.74 Å². The first-order valence-electron chi connectivity index (χ1n) is 11.2. The van der Waals surface area contributed by atoms with Gasteiger partial charge in [0.2, 0.25) is 0 Å². The Morgan fingerprint density at radius 2 is 1.82 bits per heavy atom. The number of para-hydroxylation sites is 2. The zero-order valence-corrected chi connectivity index (χ0v) is 18.6. The van der Waals surface area contributed by atoms with Gasteiger partial charge in [-0.25, -0.2) is 18.5 Å². The largest absolute Gasteiger partial charge is 0.491 e. The van der Waals surface area contributed by atoms with E-state index in [2.05, 4.69) is 10.2 Å². The molecule has 1 unspecified atom stereocenters. The number of rotatable bonds is 7. The fraction of sp³-hybridized carbons (Fsp3) is 0.417. The molecule has 1 saturated heterocycles. The Morgan fingerprint density at radius 3 is 2.52 bits per heavy atom. The number of nitrogens with one attached hydrogen (secondary N) is 1. The average molecular weight is 457 g/mol. The molecule has 1 aromatic heterocycles. The van der Waals surface area contributed by atoms with Crippen molar-refractivity contribution in [1.29, 1.82) is 0 Å². The molecule has 1 amide bonds. The Labute approximate surface area is 191 Å². The van der Waals surface area contributed by atoms with Crippen LogP contribution in [0.25, 0.3) is 11.0 Å². The van der Waals surface area contributed by atoms with Gasteiger partial charge in [0.05, 0.1) is 11.0 Å². The number of aliphatic hydroxyl groups excluding tert-OH is 1. The molecule has 176 valence electrons. The van der Waals surface area contributed by atoms with Gasteiger partial charge in [-0.2, -0.15) is 0 Å². The third-order valence-electron chi connectivity index (χ3n) is 6.14. The van der Waals surface area contributed by atoms with Crippen molar-refractivity contribution in [3.63, 3.8) is 0 Å². The summed E-state index contributed by atoms with van der Waals surface area (Å²) in [6.07, 6.45) is 1.12. The number of ether oxygens (including phenoxy) is 1. The second kappa shape index (κ2) is 10.2. The SMILES string of the molecule is Cn1c(=O)n(C(=O)NCC2CCN(CC(O)COc3ccc(F)cc3)CC2)c2ccccc21. The fourth-order valence-corrected chi connectivity index (χ4v) is 4.25. The number of aryl methyl sites for hydroxylation is 1. The van der Waals surface area contributed by atoms with Crippen molar-refractivity contribution in [1.82, 2.24) is 19.4 Å². The number of benzene rings is 2. The number of fused-ring (bicyclic) bond motifs is 1. The number of aliphatic hydroxyl groups is 1. The number of β-amino-alcohol motifs (C(OH)–C–C–N with tert-alkyl or cyclic N) is 1. The topological polar surface area (TPSA) is 88.7 Å². The number of carbonyl (C=O) groups is 1. The molecule has 0 bridgehead atoms.